The van der Waals surface area contributed by atoms with E-state index in [9.17, 15) is 18.0 Å². The van der Waals surface area contributed by atoms with E-state index in [-0.39, 0.29) is 35.4 Å². The maximum absolute atomic E-state index is 12.9. The van der Waals surface area contributed by atoms with Crippen LogP contribution in [0.15, 0.2) is 29.2 Å². The van der Waals surface area contributed by atoms with Crippen molar-refractivity contribution in [3.05, 3.63) is 29.8 Å². The zero-order valence-corrected chi connectivity index (χ0v) is 16.7. The van der Waals surface area contributed by atoms with Crippen LogP contribution < -0.4 is 5.32 Å². The molecule has 8 heteroatoms. The first-order valence-electron chi connectivity index (χ1n) is 9.30. The zero-order valence-electron chi connectivity index (χ0n) is 15.8. The molecule has 27 heavy (non-hydrogen) atoms. The molecule has 1 aliphatic carbocycles. The van der Waals surface area contributed by atoms with Crippen molar-refractivity contribution >= 4 is 21.9 Å². The molecule has 1 aliphatic rings. The highest BCUT2D eigenvalue weighted by atomic mass is 32.2. The first-order chi connectivity index (χ1) is 12.7. The number of amides is 1. The van der Waals surface area contributed by atoms with Gasteiger partial charge in [-0.05, 0) is 37.0 Å². The second-order valence-corrected chi connectivity index (χ2v) is 9.25. The van der Waals surface area contributed by atoms with Gasteiger partial charge in [-0.1, -0.05) is 32.3 Å². The van der Waals surface area contributed by atoms with Gasteiger partial charge in [0, 0.05) is 31.6 Å². The first kappa shape index (κ1) is 21.4. The average molecular weight is 397 g/mol. The molecule has 7 nitrogen and oxygen atoms in total. The number of hydrogen-bond donors (Lipinski definition) is 2. The molecule has 1 aromatic rings. The fraction of sp³-hybridized carbons (Fsp3) is 0.579. The molecule has 1 atom stereocenters. The van der Waals surface area contributed by atoms with E-state index >= 15 is 0 Å². The van der Waals surface area contributed by atoms with Crippen molar-refractivity contribution in [2.24, 2.45) is 5.92 Å². The first-order valence-corrected chi connectivity index (χ1v) is 10.7. The molecule has 1 unspecified atom stereocenters. The molecular weight excluding hydrogens is 368 g/mol. The Kier molecular flexibility index (Phi) is 7.38. The third-order valence-corrected chi connectivity index (χ3v) is 6.90. The minimum absolute atomic E-state index is 0.00176. The Bertz CT molecular complexity index is 772. The molecule has 0 saturated heterocycles. The van der Waals surface area contributed by atoms with Gasteiger partial charge in [0.2, 0.25) is 10.0 Å². The van der Waals surface area contributed by atoms with Crippen LogP contribution in [0.2, 0.25) is 0 Å². The second kappa shape index (κ2) is 9.32. The maximum atomic E-state index is 12.9. The highest BCUT2D eigenvalue weighted by Crippen LogP contribution is 2.26. The Morgan fingerprint density at radius 2 is 1.93 bits per heavy atom. The summed E-state index contributed by atoms with van der Waals surface area (Å²) in [7, 11) is -2.06. The highest BCUT2D eigenvalue weighted by Gasteiger charge is 2.29. The van der Waals surface area contributed by atoms with Gasteiger partial charge in [-0.2, -0.15) is 4.31 Å². The van der Waals surface area contributed by atoms with Crippen molar-refractivity contribution in [1.82, 2.24) is 9.62 Å². The summed E-state index contributed by atoms with van der Waals surface area (Å²) >= 11 is 0. The lowest BCUT2D eigenvalue weighted by Crippen LogP contribution is -2.38. The lowest BCUT2D eigenvalue weighted by atomic mass is 9.96. The maximum Gasteiger partial charge on any atom is 0.303 e. The van der Waals surface area contributed by atoms with Gasteiger partial charge in [0.25, 0.3) is 5.91 Å². The topological polar surface area (TPSA) is 104 Å². The Labute approximate surface area is 160 Å². The van der Waals surface area contributed by atoms with Gasteiger partial charge in [0.15, 0.2) is 0 Å². The van der Waals surface area contributed by atoms with Crippen molar-refractivity contribution < 1.29 is 23.1 Å². The van der Waals surface area contributed by atoms with Gasteiger partial charge in [-0.3, -0.25) is 9.59 Å². The predicted molar refractivity (Wildman–Crippen MR) is 102 cm³/mol. The van der Waals surface area contributed by atoms with Crippen LogP contribution in [-0.4, -0.2) is 49.3 Å². The molecule has 0 bridgehead atoms. The molecule has 0 spiro atoms. The number of rotatable bonds is 8. The van der Waals surface area contributed by atoms with E-state index in [1.807, 2.05) is 0 Å². The van der Waals surface area contributed by atoms with Crippen molar-refractivity contribution in [3.8, 4) is 0 Å². The minimum Gasteiger partial charge on any atom is -0.481 e. The molecule has 150 valence electrons. The van der Waals surface area contributed by atoms with Gasteiger partial charge >= 0.3 is 5.97 Å². The molecule has 1 saturated carbocycles. The molecule has 0 heterocycles. The van der Waals surface area contributed by atoms with Crippen LogP contribution in [0.25, 0.3) is 0 Å². The number of nitrogens with one attached hydrogen (secondary N) is 1. The number of benzene rings is 1. The molecule has 0 radical (unpaired) electrons. The van der Waals surface area contributed by atoms with Crippen LogP contribution in [0.5, 0.6) is 0 Å². The summed E-state index contributed by atoms with van der Waals surface area (Å²) in [4.78, 5) is 23.1. The Balaban J connectivity index is 2.09. The van der Waals surface area contributed by atoms with E-state index in [0.717, 1.165) is 32.1 Å². The molecule has 2 N–H and O–H groups in total. The van der Waals surface area contributed by atoms with Gasteiger partial charge < -0.3 is 10.4 Å². The number of carbonyl (C=O) groups excluding carboxylic acids is 1. The molecule has 0 aliphatic heterocycles. The van der Waals surface area contributed by atoms with E-state index in [0.29, 0.717) is 0 Å². The number of carboxylic acids is 1. The summed E-state index contributed by atoms with van der Waals surface area (Å²) in [5.41, 5.74) is 0.246. The molecule has 1 amide bonds. The smallest absolute Gasteiger partial charge is 0.303 e. The summed E-state index contributed by atoms with van der Waals surface area (Å²) < 4.78 is 27.3. The van der Waals surface area contributed by atoms with Crippen LogP contribution >= 0.6 is 0 Å². The molecule has 0 aromatic heterocycles. The minimum atomic E-state index is -3.67. The van der Waals surface area contributed by atoms with Crippen molar-refractivity contribution in [2.75, 3.05) is 13.6 Å². The van der Waals surface area contributed by atoms with Crippen molar-refractivity contribution in [1.29, 1.82) is 0 Å². The summed E-state index contributed by atoms with van der Waals surface area (Å²) in [5.74, 6) is -1.55. The predicted octanol–water partition coefficient (Wildman–Crippen LogP) is 2.48. The zero-order chi connectivity index (χ0) is 20.0. The van der Waals surface area contributed by atoms with Crippen LogP contribution in [0, 0.1) is 5.92 Å². The average Bonchev–Trinajstić information content (AvgIpc) is 2.65. The Morgan fingerprint density at radius 3 is 2.56 bits per heavy atom. The van der Waals surface area contributed by atoms with Gasteiger partial charge in [-0.25, -0.2) is 8.42 Å². The van der Waals surface area contributed by atoms with E-state index < -0.39 is 21.9 Å². The van der Waals surface area contributed by atoms with E-state index in [1.54, 1.807) is 26.1 Å². The van der Waals surface area contributed by atoms with E-state index in [2.05, 4.69) is 5.32 Å². The molecule has 1 fully saturated rings. The fourth-order valence-electron chi connectivity index (χ4n) is 3.34. The number of aliphatic carboxylic acids is 1. The summed E-state index contributed by atoms with van der Waals surface area (Å²) in [6.45, 7) is 1.94. The monoisotopic (exact) mass is 396 g/mol. The van der Waals surface area contributed by atoms with E-state index in [1.165, 1.54) is 16.4 Å². The molecule has 2 rings (SSSR count). The Hall–Kier alpha value is -1.93. The second-order valence-electron chi connectivity index (χ2n) is 7.25. The van der Waals surface area contributed by atoms with E-state index in [4.69, 9.17) is 5.11 Å². The summed E-state index contributed by atoms with van der Waals surface area (Å²) in [6, 6.07) is 5.98. The lowest BCUT2D eigenvalue weighted by molar-refractivity contribution is -0.137. The molecule has 1 aromatic carbocycles. The van der Waals surface area contributed by atoms with Crippen LogP contribution in [0.1, 0.15) is 55.8 Å². The number of carboxylic acid groups (broad SMARTS) is 1. The van der Waals surface area contributed by atoms with Crippen molar-refractivity contribution in [3.63, 3.8) is 0 Å². The summed E-state index contributed by atoms with van der Waals surface area (Å²) in [6.07, 6.45) is 4.87. The SMILES string of the molecule is CC(CNC(=O)c1cccc(S(=O)(=O)N(C)C2CCCCC2)c1)CC(=O)O. The molecular formula is C19H28N2O5S. The van der Waals surface area contributed by atoms with Gasteiger partial charge in [0.05, 0.1) is 4.90 Å². The van der Waals surface area contributed by atoms with Crippen LogP contribution in [-0.2, 0) is 14.8 Å². The number of carbonyl (C=O) groups is 2. The third-order valence-electron chi connectivity index (χ3n) is 5.00. The van der Waals surface area contributed by atoms with Gasteiger partial charge in [0.1, 0.15) is 0 Å². The number of hydrogen-bond acceptors (Lipinski definition) is 4. The quantitative estimate of drug-likeness (QED) is 0.702. The van der Waals surface area contributed by atoms with Crippen LogP contribution in [0.4, 0.5) is 0 Å². The fourth-order valence-corrected chi connectivity index (χ4v) is 4.81. The summed E-state index contributed by atoms with van der Waals surface area (Å²) in [5, 5.41) is 11.4. The Morgan fingerprint density at radius 1 is 1.26 bits per heavy atom. The number of nitrogens with zero attached hydrogens (tertiary/aromatic N) is 1. The van der Waals surface area contributed by atoms with Crippen LogP contribution in [0.3, 0.4) is 0 Å². The standard InChI is InChI=1S/C19H28N2O5S/c1-14(11-18(22)23)13-20-19(24)15-7-6-10-17(12-15)27(25,26)21(2)16-8-4-3-5-9-16/h6-7,10,12,14,16H,3-5,8-9,11,13H2,1-2H3,(H,20,24)(H,22,23). The lowest BCUT2D eigenvalue weighted by Gasteiger charge is -2.30. The highest BCUT2D eigenvalue weighted by molar-refractivity contribution is 7.89. The normalized spacial score (nSPS) is 16.9. The van der Waals surface area contributed by atoms with Crippen molar-refractivity contribution in [2.45, 2.75) is 56.4 Å². The number of sulfonamides is 1. The largest absolute Gasteiger partial charge is 0.481 e. The van der Waals surface area contributed by atoms with Gasteiger partial charge in [-0.15, -0.1) is 0 Å². The third kappa shape index (κ3) is 5.77.